The molecule has 1 heterocycles. The number of nitrogens with two attached hydrogens (primary N) is 1. The Bertz CT molecular complexity index is 668. The van der Waals surface area contributed by atoms with E-state index in [0.717, 1.165) is 6.42 Å². The van der Waals surface area contributed by atoms with Gasteiger partial charge in [0, 0.05) is 31.6 Å². The summed E-state index contributed by atoms with van der Waals surface area (Å²) in [6.45, 7) is 5.09. The first-order valence-electron chi connectivity index (χ1n) is 8.75. The van der Waals surface area contributed by atoms with Gasteiger partial charge in [0.2, 0.25) is 0 Å². The maximum Gasteiger partial charge on any atom is 0.325 e. The normalized spacial score (nSPS) is 20.5. The summed E-state index contributed by atoms with van der Waals surface area (Å²) in [5.74, 6) is 0.0147. The number of hydroxylamine groups is 2. The van der Waals surface area contributed by atoms with Crippen LogP contribution in [0.5, 0.6) is 5.75 Å². The number of piperidine rings is 1. The molecule has 2 atom stereocenters. The fourth-order valence-electron chi connectivity index (χ4n) is 2.96. The minimum Gasteiger partial charge on any atom is -0.496 e. The summed E-state index contributed by atoms with van der Waals surface area (Å²) >= 11 is 6.04. The van der Waals surface area contributed by atoms with Crippen LogP contribution in [0, 0.1) is 5.92 Å². The monoisotopic (exact) mass is 383 g/mol. The number of carbonyl (C=O) groups excluding carboxylic acids is 2. The van der Waals surface area contributed by atoms with E-state index in [0.29, 0.717) is 48.0 Å². The van der Waals surface area contributed by atoms with Crippen LogP contribution < -0.4 is 15.8 Å². The van der Waals surface area contributed by atoms with E-state index in [1.165, 1.54) is 19.2 Å². The lowest BCUT2D eigenvalue weighted by molar-refractivity contribution is -0.199. The molecule has 0 spiro atoms. The number of hydrogen-bond acceptors (Lipinski definition) is 6. The number of amides is 1. The van der Waals surface area contributed by atoms with Crippen LogP contribution in [0.2, 0.25) is 5.02 Å². The Morgan fingerprint density at radius 1 is 1.42 bits per heavy atom. The third kappa shape index (κ3) is 5.02. The number of nitrogens with zero attached hydrogens (tertiary/aromatic N) is 1. The van der Waals surface area contributed by atoms with Gasteiger partial charge in [-0.1, -0.05) is 25.4 Å². The van der Waals surface area contributed by atoms with Crippen molar-refractivity contribution in [2.24, 2.45) is 5.92 Å². The lowest BCUT2D eigenvalue weighted by Gasteiger charge is -2.35. The predicted molar refractivity (Wildman–Crippen MR) is 100 cm³/mol. The molecule has 2 rings (SSSR count). The summed E-state index contributed by atoms with van der Waals surface area (Å²) in [6.07, 6.45) is 1.84. The third-order valence-corrected chi connectivity index (χ3v) is 4.76. The average molecular weight is 384 g/mol. The summed E-state index contributed by atoms with van der Waals surface area (Å²) in [5, 5.41) is 5.00. The predicted octanol–water partition coefficient (Wildman–Crippen LogP) is 2.63. The molecular formula is C18H26ClN3O4. The number of anilines is 1. The van der Waals surface area contributed by atoms with Crippen LogP contribution in [0.1, 0.15) is 43.5 Å². The van der Waals surface area contributed by atoms with Crippen molar-refractivity contribution >= 4 is 29.2 Å². The van der Waals surface area contributed by atoms with Gasteiger partial charge in [-0.2, -0.15) is 0 Å². The van der Waals surface area contributed by atoms with E-state index in [4.69, 9.17) is 26.9 Å². The Kier molecular flexibility index (Phi) is 7.11. The number of hydrogen-bond donors (Lipinski definition) is 2. The third-order valence-electron chi connectivity index (χ3n) is 4.43. The standard InChI is InChI=1S/C18H26ClN3O4/c1-4-5-17(23)26-22-7-6-15(11(2)10-22)21-18(24)12-8-13(19)14(20)9-16(12)25-3/h8-9,11,15H,4-7,10,20H2,1-3H3,(H,21,24). The minimum absolute atomic E-state index is 0.0374. The molecule has 26 heavy (non-hydrogen) atoms. The van der Waals surface area contributed by atoms with Gasteiger partial charge in [-0.05, 0) is 24.8 Å². The molecule has 0 bridgehead atoms. The summed E-state index contributed by atoms with van der Waals surface area (Å²) in [7, 11) is 1.48. The second kappa shape index (κ2) is 9.09. The number of halogens is 1. The Balaban J connectivity index is 1.98. The molecule has 1 aromatic rings. The maximum absolute atomic E-state index is 12.7. The van der Waals surface area contributed by atoms with Crippen molar-refractivity contribution in [1.82, 2.24) is 10.4 Å². The Labute approximate surface area is 158 Å². The molecule has 0 radical (unpaired) electrons. The molecule has 144 valence electrons. The van der Waals surface area contributed by atoms with Gasteiger partial charge in [-0.3, -0.25) is 9.59 Å². The van der Waals surface area contributed by atoms with Crippen molar-refractivity contribution in [1.29, 1.82) is 0 Å². The van der Waals surface area contributed by atoms with E-state index in [2.05, 4.69) is 5.32 Å². The average Bonchev–Trinajstić information content (AvgIpc) is 2.59. The van der Waals surface area contributed by atoms with Crippen molar-refractivity contribution in [3.05, 3.63) is 22.7 Å². The molecule has 1 amide bonds. The van der Waals surface area contributed by atoms with Crippen LogP contribution in [-0.2, 0) is 9.63 Å². The van der Waals surface area contributed by atoms with E-state index >= 15 is 0 Å². The molecule has 7 nitrogen and oxygen atoms in total. The minimum atomic E-state index is -0.267. The number of nitrogens with one attached hydrogen (secondary N) is 1. The number of methoxy groups -OCH3 is 1. The topological polar surface area (TPSA) is 93.9 Å². The molecule has 1 fully saturated rings. The molecule has 2 unspecified atom stereocenters. The SMILES string of the molecule is CCCC(=O)ON1CCC(NC(=O)c2cc(Cl)c(N)cc2OC)C(C)C1. The van der Waals surface area contributed by atoms with E-state index in [9.17, 15) is 9.59 Å². The Morgan fingerprint density at radius 3 is 2.77 bits per heavy atom. The molecule has 8 heteroatoms. The zero-order valence-corrected chi connectivity index (χ0v) is 16.1. The zero-order chi connectivity index (χ0) is 19.3. The fraction of sp³-hybridized carbons (Fsp3) is 0.556. The van der Waals surface area contributed by atoms with E-state index < -0.39 is 0 Å². The summed E-state index contributed by atoms with van der Waals surface area (Å²) in [5.41, 5.74) is 6.46. The molecule has 1 aromatic carbocycles. The van der Waals surface area contributed by atoms with Crippen LogP contribution in [0.25, 0.3) is 0 Å². The fourth-order valence-corrected chi connectivity index (χ4v) is 3.12. The second-order valence-electron chi connectivity index (χ2n) is 6.52. The number of ether oxygens (including phenoxy) is 1. The van der Waals surface area contributed by atoms with Crippen LogP contribution in [-0.4, -0.2) is 43.2 Å². The van der Waals surface area contributed by atoms with Gasteiger partial charge in [-0.15, -0.1) is 5.06 Å². The number of benzene rings is 1. The second-order valence-corrected chi connectivity index (χ2v) is 6.93. The van der Waals surface area contributed by atoms with Crippen LogP contribution >= 0.6 is 11.6 Å². The van der Waals surface area contributed by atoms with Crippen LogP contribution in [0.4, 0.5) is 5.69 Å². The quantitative estimate of drug-likeness (QED) is 0.733. The highest BCUT2D eigenvalue weighted by Gasteiger charge is 2.30. The highest BCUT2D eigenvalue weighted by atomic mass is 35.5. The van der Waals surface area contributed by atoms with Gasteiger partial charge in [0.1, 0.15) is 5.75 Å². The molecule has 1 aliphatic heterocycles. The van der Waals surface area contributed by atoms with Crippen molar-refractivity contribution < 1.29 is 19.2 Å². The van der Waals surface area contributed by atoms with Gasteiger partial charge in [-0.25, -0.2) is 0 Å². The van der Waals surface area contributed by atoms with Crippen LogP contribution in [0.3, 0.4) is 0 Å². The smallest absolute Gasteiger partial charge is 0.325 e. The molecule has 0 saturated carbocycles. The van der Waals surface area contributed by atoms with E-state index in [1.807, 2.05) is 13.8 Å². The molecule has 0 aliphatic carbocycles. The molecular weight excluding hydrogens is 358 g/mol. The molecule has 3 N–H and O–H groups in total. The molecule has 1 saturated heterocycles. The van der Waals surface area contributed by atoms with E-state index in [1.54, 1.807) is 5.06 Å². The lowest BCUT2D eigenvalue weighted by atomic mass is 9.94. The van der Waals surface area contributed by atoms with E-state index in [-0.39, 0.29) is 23.8 Å². The molecule has 0 aromatic heterocycles. The van der Waals surface area contributed by atoms with Crippen molar-refractivity contribution in [3.8, 4) is 5.75 Å². The summed E-state index contributed by atoms with van der Waals surface area (Å²) in [4.78, 5) is 29.6. The van der Waals surface area contributed by atoms with Gasteiger partial charge >= 0.3 is 5.97 Å². The first-order valence-corrected chi connectivity index (χ1v) is 9.13. The Morgan fingerprint density at radius 2 is 2.15 bits per heavy atom. The van der Waals surface area contributed by atoms with Gasteiger partial charge in [0.15, 0.2) is 0 Å². The largest absolute Gasteiger partial charge is 0.496 e. The maximum atomic E-state index is 12.7. The Hall–Kier alpha value is -1.99. The van der Waals surface area contributed by atoms with Gasteiger partial charge < -0.3 is 20.6 Å². The zero-order valence-electron chi connectivity index (χ0n) is 15.4. The summed E-state index contributed by atoms with van der Waals surface area (Å²) in [6, 6.07) is 3.01. The van der Waals surface area contributed by atoms with Gasteiger partial charge in [0.05, 0.1) is 23.4 Å². The number of rotatable bonds is 6. The first-order chi connectivity index (χ1) is 12.3. The summed E-state index contributed by atoms with van der Waals surface area (Å²) < 4.78 is 5.24. The molecule has 1 aliphatic rings. The van der Waals surface area contributed by atoms with Crippen molar-refractivity contribution in [3.63, 3.8) is 0 Å². The number of nitrogen functional groups attached to an aromatic ring is 1. The lowest BCUT2D eigenvalue weighted by Crippen LogP contribution is -2.50. The highest BCUT2D eigenvalue weighted by molar-refractivity contribution is 6.33. The van der Waals surface area contributed by atoms with Crippen molar-refractivity contribution in [2.45, 2.75) is 39.2 Å². The van der Waals surface area contributed by atoms with Crippen molar-refractivity contribution in [2.75, 3.05) is 25.9 Å². The van der Waals surface area contributed by atoms with Crippen LogP contribution in [0.15, 0.2) is 12.1 Å². The highest BCUT2D eigenvalue weighted by Crippen LogP contribution is 2.29. The van der Waals surface area contributed by atoms with Gasteiger partial charge in [0.25, 0.3) is 5.91 Å². The first kappa shape index (κ1) is 20.3. The number of carbonyl (C=O) groups is 2.